The Hall–Kier alpha value is -2.57. The molecule has 0 amide bonds. The van der Waals surface area contributed by atoms with Crippen LogP contribution in [0.4, 0.5) is 0 Å². The molecule has 0 aliphatic heterocycles. The highest BCUT2D eigenvalue weighted by molar-refractivity contribution is 5.79. The van der Waals surface area contributed by atoms with Crippen LogP contribution in [0.2, 0.25) is 0 Å². The fourth-order valence-corrected chi connectivity index (χ4v) is 2.40. The van der Waals surface area contributed by atoms with Gasteiger partial charge >= 0.3 is 0 Å². The quantitative estimate of drug-likeness (QED) is 0.592. The summed E-state index contributed by atoms with van der Waals surface area (Å²) in [4.78, 5) is 8.79. The maximum atomic E-state index is 5.23. The second kappa shape index (κ2) is 8.50. The molecule has 0 spiro atoms. The second-order valence-corrected chi connectivity index (χ2v) is 6.46. The van der Waals surface area contributed by atoms with E-state index in [1.54, 1.807) is 11.8 Å². The number of ether oxygens (including phenoxy) is 1. The van der Waals surface area contributed by atoms with E-state index in [9.17, 15) is 0 Å². The van der Waals surface area contributed by atoms with Crippen LogP contribution < -0.4 is 15.4 Å². The molecule has 0 atom stereocenters. The molecule has 0 bridgehead atoms. The van der Waals surface area contributed by atoms with Gasteiger partial charge in [0.25, 0.3) is 0 Å². The first-order valence-corrected chi connectivity index (χ1v) is 8.46. The van der Waals surface area contributed by atoms with Crippen molar-refractivity contribution in [2.45, 2.75) is 32.7 Å². The van der Waals surface area contributed by atoms with Crippen molar-refractivity contribution in [3.63, 3.8) is 0 Å². The van der Waals surface area contributed by atoms with Crippen LogP contribution in [-0.4, -0.2) is 40.9 Å². The van der Waals surface area contributed by atoms with Crippen LogP contribution in [0, 0.1) is 0 Å². The number of hydrogen-bond acceptors (Lipinski definition) is 4. The van der Waals surface area contributed by atoms with Crippen molar-refractivity contribution in [1.82, 2.24) is 25.4 Å². The summed E-state index contributed by atoms with van der Waals surface area (Å²) < 4.78 is 6.96. The summed E-state index contributed by atoms with van der Waals surface area (Å²) in [7, 11) is 3.54. The van der Waals surface area contributed by atoms with E-state index in [2.05, 4.69) is 51.7 Å². The first-order valence-electron chi connectivity index (χ1n) is 8.46. The Morgan fingerprint density at radius 3 is 2.52 bits per heavy atom. The minimum Gasteiger partial charge on any atom is -0.497 e. The summed E-state index contributed by atoms with van der Waals surface area (Å²) in [5.41, 5.74) is 1.19. The van der Waals surface area contributed by atoms with Crippen molar-refractivity contribution in [2.75, 3.05) is 20.2 Å². The van der Waals surface area contributed by atoms with E-state index in [0.29, 0.717) is 6.54 Å². The molecular weight excluding hydrogens is 316 g/mol. The van der Waals surface area contributed by atoms with Crippen LogP contribution in [-0.2, 0) is 19.0 Å². The van der Waals surface area contributed by atoms with Gasteiger partial charge in [0.1, 0.15) is 24.4 Å². The van der Waals surface area contributed by atoms with Gasteiger partial charge in [-0.2, -0.15) is 5.10 Å². The van der Waals surface area contributed by atoms with E-state index in [1.807, 2.05) is 26.1 Å². The maximum Gasteiger partial charge on any atom is 0.191 e. The molecular formula is C18H28N6O. The molecule has 1 aromatic carbocycles. The van der Waals surface area contributed by atoms with Crippen LogP contribution >= 0.6 is 0 Å². The molecule has 136 valence electrons. The lowest BCUT2D eigenvalue weighted by Gasteiger charge is -2.27. The first-order chi connectivity index (χ1) is 12.0. The highest BCUT2D eigenvalue weighted by Crippen LogP contribution is 2.24. The van der Waals surface area contributed by atoms with Crippen molar-refractivity contribution >= 4 is 5.96 Å². The van der Waals surface area contributed by atoms with Gasteiger partial charge in [0.2, 0.25) is 0 Å². The Labute approximate surface area is 149 Å². The summed E-state index contributed by atoms with van der Waals surface area (Å²) >= 11 is 0. The number of nitrogens with one attached hydrogen (secondary N) is 2. The van der Waals surface area contributed by atoms with Gasteiger partial charge < -0.3 is 15.4 Å². The monoisotopic (exact) mass is 344 g/mol. The fraction of sp³-hybridized carbons (Fsp3) is 0.500. The van der Waals surface area contributed by atoms with Crippen LogP contribution in [0.15, 0.2) is 35.6 Å². The fourth-order valence-electron chi connectivity index (χ4n) is 2.40. The molecule has 2 aromatic rings. The number of rotatable bonds is 7. The third-order valence-corrected chi connectivity index (χ3v) is 4.10. The molecule has 2 N–H and O–H groups in total. The zero-order chi connectivity index (χ0) is 18.3. The lowest BCUT2D eigenvalue weighted by Crippen LogP contribution is -2.43. The molecule has 0 fully saturated rings. The number of aliphatic imine (C=N–C) groups is 1. The van der Waals surface area contributed by atoms with Crippen molar-refractivity contribution in [3.05, 3.63) is 42.0 Å². The van der Waals surface area contributed by atoms with Gasteiger partial charge in [0.15, 0.2) is 5.96 Å². The van der Waals surface area contributed by atoms with E-state index < -0.39 is 0 Å². The normalized spacial score (nSPS) is 12.1. The van der Waals surface area contributed by atoms with Crippen molar-refractivity contribution < 1.29 is 4.74 Å². The third-order valence-electron chi connectivity index (χ3n) is 4.10. The summed E-state index contributed by atoms with van der Waals surface area (Å²) in [6, 6.07) is 8.18. The van der Waals surface area contributed by atoms with Crippen molar-refractivity contribution in [3.8, 4) is 5.75 Å². The average molecular weight is 344 g/mol. The SMILES string of the molecule is CCNC(=NCc1ncnn1C)NCC(C)(C)c1ccc(OC)cc1. The number of nitrogens with zero attached hydrogens (tertiary/aromatic N) is 4. The minimum atomic E-state index is -0.0484. The minimum absolute atomic E-state index is 0.0484. The molecule has 0 saturated carbocycles. The summed E-state index contributed by atoms with van der Waals surface area (Å²) in [5.74, 6) is 2.46. The highest BCUT2D eigenvalue weighted by atomic mass is 16.5. The second-order valence-electron chi connectivity index (χ2n) is 6.46. The number of aromatic nitrogens is 3. The Morgan fingerprint density at radius 1 is 1.24 bits per heavy atom. The van der Waals surface area contributed by atoms with Gasteiger partial charge in [-0.25, -0.2) is 9.98 Å². The Balaban J connectivity index is 2.01. The molecule has 1 aromatic heterocycles. The number of aryl methyl sites for hydroxylation is 1. The summed E-state index contributed by atoms with van der Waals surface area (Å²) in [6.45, 7) is 8.49. The van der Waals surface area contributed by atoms with Crippen LogP contribution in [0.25, 0.3) is 0 Å². The largest absolute Gasteiger partial charge is 0.497 e. The molecule has 0 aliphatic rings. The molecule has 25 heavy (non-hydrogen) atoms. The molecule has 0 unspecified atom stereocenters. The molecule has 2 rings (SSSR count). The maximum absolute atomic E-state index is 5.23. The summed E-state index contributed by atoms with van der Waals surface area (Å²) in [5, 5.41) is 10.8. The van der Waals surface area contributed by atoms with Gasteiger partial charge in [-0.1, -0.05) is 26.0 Å². The average Bonchev–Trinajstić information content (AvgIpc) is 3.02. The lowest BCUT2D eigenvalue weighted by atomic mass is 9.84. The Bertz CT molecular complexity index is 690. The van der Waals surface area contributed by atoms with E-state index >= 15 is 0 Å². The van der Waals surface area contributed by atoms with Gasteiger partial charge in [0, 0.05) is 25.6 Å². The molecule has 0 saturated heterocycles. The van der Waals surface area contributed by atoms with Crippen LogP contribution in [0.3, 0.4) is 0 Å². The third kappa shape index (κ3) is 5.20. The number of hydrogen-bond donors (Lipinski definition) is 2. The molecule has 7 heteroatoms. The molecule has 0 aliphatic carbocycles. The number of benzene rings is 1. The van der Waals surface area contributed by atoms with Crippen molar-refractivity contribution in [2.24, 2.45) is 12.0 Å². The zero-order valence-corrected chi connectivity index (χ0v) is 15.7. The Kier molecular flexibility index (Phi) is 6.38. The van der Waals surface area contributed by atoms with Gasteiger partial charge in [0.05, 0.1) is 7.11 Å². The molecule has 0 radical (unpaired) electrons. The first kappa shape index (κ1) is 18.8. The zero-order valence-electron chi connectivity index (χ0n) is 15.7. The van der Waals surface area contributed by atoms with Crippen molar-refractivity contribution in [1.29, 1.82) is 0 Å². The predicted molar refractivity (Wildman–Crippen MR) is 99.8 cm³/mol. The van der Waals surface area contributed by atoms with E-state index in [1.165, 1.54) is 11.9 Å². The predicted octanol–water partition coefficient (Wildman–Crippen LogP) is 1.86. The van der Waals surface area contributed by atoms with E-state index in [0.717, 1.165) is 30.6 Å². The van der Waals surface area contributed by atoms with Gasteiger partial charge in [-0.3, -0.25) is 4.68 Å². The van der Waals surface area contributed by atoms with Gasteiger partial charge in [-0.05, 0) is 24.6 Å². The summed E-state index contributed by atoms with van der Waals surface area (Å²) in [6.07, 6.45) is 1.54. The van der Waals surface area contributed by atoms with Crippen LogP contribution in [0.1, 0.15) is 32.2 Å². The smallest absolute Gasteiger partial charge is 0.191 e. The van der Waals surface area contributed by atoms with E-state index in [4.69, 9.17) is 4.74 Å². The highest BCUT2D eigenvalue weighted by Gasteiger charge is 2.21. The van der Waals surface area contributed by atoms with Gasteiger partial charge in [-0.15, -0.1) is 0 Å². The number of methoxy groups -OCH3 is 1. The Morgan fingerprint density at radius 2 is 1.96 bits per heavy atom. The lowest BCUT2D eigenvalue weighted by molar-refractivity contribution is 0.414. The van der Waals surface area contributed by atoms with Crippen LogP contribution in [0.5, 0.6) is 5.75 Å². The number of guanidine groups is 1. The van der Waals surface area contributed by atoms with E-state index in [-0.39, 0.29) is 5.41 Å². The topological polar surface area (TPSA) is 76.4 Å². The standard InChI is InChI=1S/C18H28N6O/c1-6-19-17(20-11-16-22-13-23-24(16)4)21-12-18(2,3)14-7-9-15(25-5)10-8-14/h7-10,13H,6,11-12H2,1-5H3,(H2,19,20,21). The molecule has 7 nitrogen and oxygen atoms in total. The molecule has 1 heterocycles.